The molecular formula is C11H16INS. The number of hydrogen-bond donors (Lipinski definition) is 1. The molecule has 0 spiro atoms. The fourth-order valence-electron chi connectivity index (χ4n) is 1.18. The second-order valence-corrected chi connectivity index (χ2v) is 5.38. The zero-order valence-corrected chi connectivity index (χ0v) is 11.4. The van der Waals surface area contributed by atoms with E-state index in [-0.39, 0.29) is 0 Å². The van der Waals surface area contributed by atoms with Crippen LogP contribution in [0.15, 0.2) is 24.3 Å². The van der Waals surface area contributed by atoms with E-state index in [0.717, 1.165) is 13.1 Å². The van der Waals surface area contributed by atoms with Crippen LogP contribution in [0, 0.1) is 3.57 Å². The predicted octanol–water partition coefficient (Wildman–Crippen LogP) is 3.13. The SMILES string of the molecule is CSCCCNCc1ccc(I)cc1. The normalized spacial score (nSPS) is 10.4. The fraction of sp³-hybridized carbons (Fsp3) is 0.455. The Balaban J connectivity index is 2.15. The molecule has 0 unspecified atom stereocenters. The van der Waals surface area contributed by atoms with Crippen molar-refractivity contribution in [2.24, 2.45) is 0 Å². The largest absolute Gasteiger partial charge is 0.313 e. The van der Waals surface area contributed by atoms with Gasteiger partial charge in [0.2, 0.25) is 0 Å². The van der Waals surface area contributed by atoms with Crippen LogP contribution in [0.5, 0.6) is 0 Å². The summed E-state index contributed by atoms with van der Waals surface area (Å²) in [4.78, 5) is 0. The van der Waals surface area contributed by atoms with Crippen molar-refractivity contribution in [3.05, 3.63) is 33.4 Å². The van der Waals surface area contributed by atoms with Crippen molar-refractivity contribution < 1.29 is 0 Å². The summed E-state index contributed by atoms with van der Waals surface area (Å²) in [5, 5.41) is 3.44. The van der Waals surface area contributed by atoms with E-state index in [1.54, 1.807) is 0 Å². The molecule has 0 bridgehead atoms. The lowest BCUT2D eigenvalue weighted by Gasteiger charge is -2.04. The van der Waals surface area contributed by atoms with Crippen molar-refractivity contribution in [3.8, 4) is 0 Å². The van der Waals surface area contributed by atoms with Gasteiger partial charge in [0, 0.05) is 10.1 Å². The minimum absolute atomic E-state index is 0.991. The van der Waals surface area contributed by atoms with Crippen molar-refractivity contribution in [1.82, 2.24) is 5.32 Å². The summed E-state index contributed by atoms with van der Waals surface area (Å²) in [6.07, 6.45) is 3.41. The lowest BCUT2D eigenvalue weighted by Crippen LogP contribution is -2.15. The summed E-state index contributed by atoms with van der Waals surface area (Å²) >= 11 is 4.24. The minimum atomic E-state index is 0.991. The first-order chi connectivity index (χ1) is 6.83. The topological polar surface area (TPSA) is 12.0 Å². The summed E-state index contributed by atoms with van der Waals surface area (Å²) in [5.74, 6) is 1.25. The molecule has 1 N–H and O–H groups in total. The fourth-order valence-corrected chi connectivity index (χ4v) is 1.97. The molecule has 78 valence electrons. The van der Waals surface area contributed by atoms with E-state index >= 15 is 0 Å². The molecule has 0 saturated heterocycles. The van der Waals surface area contributed by atoms with E-state index in [1.165, 1.54) is 21.3 Å². The van der Waals surface area contributed by atoms with E-state index in [2.05, 4.69) is 58.4 Å². The van der Waals surface area contributed by atoms with Crippen LogP contribution in [0.2, 0.25) is 0 Å². The van der Waals surface area contributed by atoms with Gasteiger partial charge in [0.1, 0.15) is 0 Å². The standard InChI is InChI=1S/C11H16INS/c1-14-8-2-7-13-9-10-3-5-11(12)6-4-10/h3-6,13H,2,7-9H2,1H3. The summed E-state index contributed by atoms with van der Waals surface area (Å²) in [5.41, 5.74) is 1.37. The summed E-state index contributed by atoms with van der Waals surface area (Å²) < 4.78 is 1.30. The molecule has 1 nitrogen and oxygen atoms in total. The van der Waals surface area contributed by atoms with Gasteiger partial charge in [-0.05, 0) is 65.3 Å². The van der Waals surface area contributed by atoms with Gasteiger partial charge in [-0.3, -0.25) is 0 Å². The van der Waals surface area contributed by atoms with Crippen molar-refractivity contribution in [2.75, 3.05) is 18.6 Å². The first-order valence-corrected chi connectivity index (χ1v) is 7.24. The van der Waals surface area contributed by atoms with E-state index in [9.17, 15) is 0 Å². The minimum Gasteiger partial charge on any atom is -0.313 e. The highest BCUT2D eigenvalue weighted by atomic mass is 127. The van der Waals surface area contributed by atoms with Crippen LogP contribution in [-0.4, -0.2) is 18.6 Å². The monoisotopic (exact) mass is 321 g/mol. The molecule has 14 heavy (non-hydrogen) atoms. The number of thioether (sulfide) groups is 1. The van der Waals surface area contributed by atoms with Gasteiger partial charge < -0.3 is 5.32 Å². The lowest BCUT2D eigenvalue weighted by atomic mass is 10.2. The van der Waals surface area contributed by atoms with E-state index in [1.807, 2.05) is 11.8 Å². The number of hydrogen-bond acceptors (Lipinski definition) is 2. The molecule has 0 atom stereocenters. The molecule has 0 heterocycles. The Labute approximate surface area is 104 Å². The van der Waals surface area contributed by atoms with E-state index in [4.69, 9.17) is 0 Å². The smallest absolute Gasteiger partial charge is 0.0205 e. The number of halogens is 1. The first kappa shape index (κ1) is 12.3. The van der Waals surface area contributed by atoms with Crippen LogP contribution in [0.3, 0.4) is 0 Å². The maximum atomic E-state index is 3.44. The third-order valence-corrected chi connectivity index (χ3v) is 3.36. The Morgan fingerprint density at radius 3 is 2.64 bits per heavy atom. The molecule has 1 aromatic carbocycles. The van der Waals surface area contributed by atoms with Crippen molar-refractivity contribution >= 4 is 34.4 Å². The van der Waals surface area contributed by atoms with Crippen LogP contribution in [-0.2, 0) is 6.54 Å². The third kappa shape index (κ3) is 5.22. The highest BCUT2D eigenvalue weighted by molar-refractivity contribution is 14.1. The van der Waals surface area contributed by atoms with E-state index < -0.39 is 0 Å². The molecule has 3 heteroatoms. The number of benzene rings is 1. The van der Waals surface area contributed by atoms with Crippen LogP contribution >= 0.6 is 34.4 Å². The average Bonchev–Trinajstić information content (AvgIpc) is 2.21. The number of nitrogens with one attached hydrogen (secondary N) is 1. The van der Waals surface area contributed by atoms with Crippen LogP contribution in [0.25, 0.3) is 0 Å². The Bertz CT molecular complexity index is 248. The lowest BCUT2D eigenvalue weighted by molar-refractivity contribution is 0.679. The molecule has 1 rings (SSSR count). The van der Waals surface area contributed by atoms with Gasteiger partial charge in [0.25, 0.3) is 0 Å². The zero-order chi connectivity index (χ0) is 10.2. The highest BCUT2D eigenvalue weighted by Crippen LogP contribution is 2.06. The zero-order valence-electron chi connectivity index (χ0n) is 8.42. The Morgan fingerprint density at radius 1 is 1.29 bits per heavy atom. The van der Waals surface area contributed by atoms with Crippen molar-refractivity contribution in [2.45, 2.75) is 13.0 Å². The molecule has 0 aliphatic heterocycles. The van der Waals surface area contributed by atoms with Gasteiger partial charge in [0.05, 0.1) is 0 Å². The molecule has 0 aliphatic rings. The van der Waals surface area contributed by atoms with Crippen molar-refractivity contribution in [1.29, 1.82) is 0 Å². The van der Waals surface area contributed by atoms with Gasteiger partial charge in [0.15, 0.2) is 0 Å². The van der Waals surface area contributed by atoms with Gasteiger partial charge in [-0.25, -0.2) is 0 Å². The molecule has 0 amide bonds. The highest BCUT2D eigenvalue weighted by Gasteiger charge is 1.92. The van der Waals surface area contributed by atoms with E-state index in [0.29, 0.717) is 0 Å². The van der Waals surface area contributed by atoms with Crippen LogP contribution in [0.1, 0.15) is 12.0 Å². The average molecular weight is 321 g/mol. The van der Waals surface area contributed by atoms with Crippen LogP contribution in [0.4, 0.5) is 0 Å². The van der Waals surface area contributed by atoms with Gasteiger partial charge in [-0.15, -0.1) is 0 Å². The first-order valence-electron chi connectivity index (χ1n) is 4.77. The molecular weight excluding hydrogens is 305 g/mol. The van der Waals surface area contributed by atoms with Gasteiger partial charge in [-0.2, -0.15) is 11.8 Å². The molecule has 0 radical (unpaired) electrons. The maximum Gasteiger partial charge on any atom is 0.0205 e. The molecule has 0 saturated carbocycles. The summed E-state index contributed by atoms with van der Waals surface area (Å²) in [6.45, 7) is 2.11. The molecule has 1 aromatic rings. The molecule has 0 aliphatic carbocycles. The summed E-state index contributed by atoms with van der Waals surface area (Å²) in [7, 11) is 0. The Morgan fingerprint density at radius 2 is 2.00 bits per heavy atom. The Hall–Kier alpha value is 0.260. The van der Waals surface area contributed by atoms with Gasteiger partial charge in [-0.1, -0.05) is 12.1 Å². The predicted molar refractivity (Wildman–Crippen MR) is 73.9 cm³/mol. The van der Waals surface area contributed by atoms with Gasteiger partial charge >= 0.3 is 0 Å². The Kier molecular flexibility index (Phi) is 6.64. The summed E-state index contributed by atoms with van der Waals surface area (Å²) in [6, 6.07) is 8.67. The second kappa shape index (κ2) is 7.54. The molecule has 0 aromatic heterocycles. The number of rotatable bonds is 6. The quantitative estimate of drug-likeness (QED) is 0.638. The second-order valence-electron chi connectivity index (χ2n) is 3.15. The van der Waals surface area contributed by atoms with Crippen molar-refractivity contribution in [3.63, 3.8) is 0 Å². The third-order valence-electron chi connectivity index (χ3n) is 1.94. The molecule has 0 fully saturated rings. The van der Waals surface area contributed by atoms with Crippen LogP contribution < -0.4 is 5.32 Å². The maximum absolute atomic E-state index is 3.44.